The van der Waals surface area contributed by atoms with E-state index in [0.29, 0.717) is 12.3 Å². The third-order valence-electron chi connectivity index (χ3n) is 5.15. The highest BCUT2D eigenvalue weighted by Gasteiger charge is 2.35. The van der Waals surface area contributed by atoms with Crippen LogP contribution in [-0.2, 0) is 22.4 Å². The summed E-state index contributed by atoms with van der Waals surface area (Å²) in [6.45, 7) is 4.20. The second-order valence-electron chi connectivity index (χ2n) is 7.71. The number of hydrogen-bond acceptors (Lipinski definition) is 3. The number of carboxylic acids is 1. The van der Waals surface area contributed by atoms with Crippen LogP contribution >= 0.6 is 0 Å². The van der Waals surface area contributed by atoms with Crippen molar-refractivity contribution < 1.29 is 19.4 Å². The van der Waals surface area contributed by atoms with Crippen LogP contribution < -0.4 is 0 Å². The summed E-state index contributed by atoms with van der Waals surface area (Å²) in [4.78, 5) is 23.4. The van der Waals surface area contributed by atoms with Gasteiger partial charge in [0.05, 0.1) is 5.56 Å². The molecule has 0 saturated carbocycles. The Kier molecular flexibility index (Phi) is 5.94. The molecule has 0 heterocycles. The predicted octanol–water partition coefficient (Wildman–Crippen LogP) is 4.82. The number of fused-ring (bicyclic) bond motifs is 1. The lowest BCUT2D eigenvalue weighted by Crippen LogP contribution is -2.18. The molecule has 3 rings (SSSR count). The highest BCUT2D eigenvalue weighted by Crippen LogP contribution is 2.40. The number of carbonyl (C=O) groups excluding carboxylic acids is 1. The lowest BCUT2D eigenvalue weighted by atomic mass is 9.94. The number of carboxylic acid groups (broad SMARTS) is 1. The van der Waals surface area contributed by atoms with Gasteiger partial charge in [-0.2, -0.15) is 0 Å². The van der Waals surface area contributed by atoms with Crippen LogP contribution in [0, 0.1) is 11.8 Å². The topological polar surface area (TPSA) is 63.6 Å². The summed E-state index contributed by atoms with van der Waals surface area (Å²) in [6, 6.07) is 15.1. The van der Waals surface area contributed by atoms with Crippen LogP contribution in [0.15, 0.2) is 48.5 Å². The summed E-state index contributed by atoms with van der Waals surface area (Å²) < 4.78 is 5.90. The van der Waals surface area contributed by atoms with Gasteiger partial charge in [-0.05, 0) is 54.0 Å². The quantitative estimate of drug-likeness (QED) is 0.714. The average Bonchev–Trinajstić information content (AvgIpc) is 2.98. The number of carbonyl (C=O) groups is 2. The van der Waals surface area contributed by atoms with Gasteiger partial charge in [-0.3, -0.25) is 4.79 Å². The molecule has 0 aromatic heterocycles. The summed E-state index contributed by atoms with van der Waals surface area (Å²) >= 11 is 0. The van der Waals surface area contributed by atoms with E-state index in [4.69, 9.17) is 9.84 Å². The Balaban J connectivity index is 1.74. The van der Waals surface area contributed by atoms with Gasteiger partial charge in [-0.1, -0.05) is 50.2 Å². The van der Waals surface area contributed by atoms with Crippen molar-refractivity contribution in [3.05, 3.63) is 70.8 Å². The predicted molar refractivity (Wildman–Crippen MR) is 104 cm³/mol. The van der Waals surface area contributed by atoms with E-state index in [2.05, 4.69) is 19.9 Å². The fourth-order valence-electron chi connectivity index (χ4n) is 3.67. The van der Waals surface area contributed by atoms with E-state index in [1.807, 2.05) is 30.3 Å². The molecule has 2 aromatic rings. The molecular weight excluding hydrogens is 340 g/mol. The SMILES string of the molecule is CC(C)CCC(=O)OC1c2ccccc2CC1Cc1ccc(C(=O)O)cc1. The Morgan fingerprint density at radius 1 is 1.11 bits per heavy atom. The first-order valence-electron chi connectivity index (χ1n) is 9.53. The zero-order valence-electron chi connectivity index (χ0n) is 15.9. The maximum Gasteiger partial charge on any atom is 0.335 e. The molecule has 0 amide bonds. The molecular formula is C23H26O4. The molecule has 2 unspecified atom stereocenters. The molecule has 1 aliphatic rings. The van der Waals surface area contributed by atoms with Gasteiger partial charge in [-0.15, -0.1) is 0 Å². The van der Waals surface area contributed by atoms with Gasteiger partial charge in [0.1, 0.15) is 6.10 Å². The molecule has 2 atom stereocenters. The molecule has 4 nitrogen and oxygen atoms in total. The summed E-state index contributed by atoms with van der Waals surface area (Å²) in [5.41, 5.74) is 3.67. The minimum absolute atomic E-state index is 0.142. The Morgan fingerprint density at radius 3 is 2.48 bits per heavy atom. The Hall–Kier alpha value is -2.62. The molecule has 142 valence electrons. The van der Waals surface area contributed by atoms with E-state index in [-0.39, 0.29) is 23.6 Å². The second kappa shape index (κ2) is 8.38. The van der Waals surface area contributed by atoms with Crippen LogP contribution in [0.1, 0.15) is 59.8 Å². The Bertz CT molecular complexity index is 807. The highest BCUT2D eigenvalue weighted by molar-refractivity contribution is 5.87. The van der Waals surface area contributed by atoms with E-state index in [1.54, 1.807) is 12.1 Å². The van der Waals surface area contributed by atoms with Crippen molar-refractivity contribution in [2.75, 3.05) is 0 Å². The number of benzene rings is 2. The smallest absolute Gasteiger partial charge is 0.335 e. The largest absolute Gasteiger partial charge is 0.478 e. The standard InChI is InChI=1S/C23H26O4/c1-15(2)7-12-21(24)27-22-19(14-18-5-3-4-6-20(18)22)13-16-8-10-17(11-9-16)23(25)26/h3-6,8-11,15,19,22H,7,12-14H2,1-2H3,(H,25,26). The Labute approximate surface area is 160 Å². The third kappa shape index (κ3) is 4.76. The van der Waals surface area contributed by atoms with Gasteiger partial charge in [0, 0.05) is 12.3 Å². The number of aromatic carboxylic acids is 1. The first-order chi connectivity index (χ1) is 12.9. The molecule has 27 heavy (non-hydrogen) atoms. The monoisotopic (exact) mass is 366 g/mol. The normalized spacial score (nSPS) is 18.3. The van der Waals surface area contributed by atoms with Crippen LogP contribution in [-0.4, -0.2) is 17.0 Å². The summed E-state index contributed by atoms with van der Waals surface area (Å²) in [7, 11) is 0. The van der Waals surface area contributed by atoms with E-state index >= 15 is 0 Å². The van der Waals surface area contributed by atoms with E-state index in [9.17, 15) is 9.59 Å². The summed E-state index contributed by atoms with van der Waals surface area (Å²) in [5.74, 6) is -0.429. The minimum Gasteiger partial charge on any atom is -0.478 e. The summed E-state index contributed by atoms with van der Waals surface area (Å²) in [6.07, 6.45) is 2.64. The number of hydrogen-bond donors (Lipinski definition) is 1. The van der Waals surface area contributed by atoms with E-state index < -0.39 is 5.97 Å². The van der Waals surface area contributed by atoms with Gasteiger partial charge >= 0.3 is 11.9 Å². The maximum atomic E-state index is 12.3. The van der Waals surface area contributed by atoms with Crippen LogP contribution in [0.4, 0.5) is 0 Å². The number of esters is 1. The minimum atomic E-state index is -0.924. The number of rotatable bonds is 7. The van der Waals surface area contributed by atoms with Crippen molar-refractivity contribution in [3.63, 3.8) is 0 Å². The fraction of sp³-hybridized carbons (Fsp3) is 0.391. The van der Waals surface area contributed by atoms with Crippen molar-refractivity contribution >= 4 is 11.9 Å². The Morgan fingerprint density at radius 2 is 1.81 bits per heavy atom. The highest BCUT2D eigenvalue weighted by atomic mass is 16.5. The molecule has 0 bridgehead atoms. The zero-order valence-corrected chi connectivity index (χ0v) is 15.9. The third-order valence-corrected chi connectivity index (χ3v) is 5.15. The van der Waals surface area contributed by atoms with E-state index in [0.717, 1.165) is 30.4 Å². The number of ether oxygens (including phenoxy) is 1. The van der Waals surface area contributed by atoms with Gasteiger partial charge in [0.15, 0.2) is 0 Å². The molecule has 0 aliphatic heterocycles. The van der Waals surface area contributed by atoms with Gasteiger partial charge < -0.3 is 9.84 Å². The van der Waals surface area contributed by atoms with Gasteiger partial charge in [-0.25, -0.2) is 4.79 Å². The maximum absolute atomic E-state index is 12.3. The summed E-state index contributed by atoms with van der Waals surface area (Å²) in [5, 5.41) is 9.05. The van der Waals surface area contributed by atoms with Gasteiger partial charge in [0.2, 0.25) is 0 Å². The van der Waals surface area contributed by atoms with Crippen molar-refractivity contribution in [2.24, 2.45) is 11.8 Å². The molecule has 4 heteroatoms. The van der Waals surface area contributed by atoms with Crippen LogP contribution in [0.25, 0.3) is 0 Å². The molecule has 1 aliphatic carbocycles. The first kappa shape index (κ1) is 19.2. The molecule has 0 spiro atoms. The first-order valence-corrected chi connectivity index (χ1v) is 9.53. The van der Waals surface area contributed by atoms with Crippen LogP contribution in [0.3, 0.4) is 0 Å². The molecule has 0 radical (unpaired) electrons. The lowest BCUT2D eigenvalue weighted by Gasteiger charge is -2.21. The molecule has 2 aromatic carbocycles. The molecule has 1 N–H and O–H groups in total. The average molecular weight is 366 g/mol. The van der Waals surface area contributed by atoms with E-state index in [1.165, 1.54) is 5.56 Å². The van der Waals surface area contributed by atoms with Crippen LogP contribution in [0.5, 0.6) is 0 Å². The van der Waals surface area contributed by atoms with Crippen molar-refractivity contribution in [1.29, 1.82) is 0 Å². The van der Waals surface area contributed by atoms with Crippen molar-refractivity contribution in [1.82, 2.24) is 0 Å². The lowest BCUT2D eigenvalue weighted by molar-refractivity contribution is -0.152. The van der Waals surface area contributed by atoms with Crippen molar-refractivity contribution in [2.45, 2.75) is 45.6 Å². The molecule has 0 saturated heterocycles. The fourth-order valence-corrected chi connectivity index (χ4v) is 3.67. The van der Waals surface area contributed by atoms with Gasteiger partial charge in [0.25, 0.3) is 0 Å². The zero-order chi connectivity index (χ0) is 19.4. The second-order valence-corrected chi connectivity index (χ2v) is 7.71. The van der Waals surface area contributed by atoms with Crippen molar-refractivity contribution in [3.8, 4) is 0 Å². The van der Waals surface area contributed by atoms with Crippen LogP contribution in [0.2, 0.25) is 0 Å². The molecule has 0 fully saturated rings.